The molecule has 0 N–H and O–H groups in total. The highest BCUT2D eigenvalue weighted by molar-refractivity contribution is 7.09. The molecule has 1 fully saturated rings. The molecule has 98 valence electrons. The first kappa shape index (κ1) is 12.1. The third-order valence-electron chi connectivity index (χ3n) is 3.80. The lowest BCUT2D eigenvalue weighted by atomic mass is 10.0. The second-order valence-electron chi connectivity index (χ2n) is 5.07. The van der Waals surface area contributed by atoms with Crippen LogP contribution < -0.4 is 4.90 Å². The molecular formula is C13H20N4S. The molecule has 0 amide bonds. The van der Waals surface area contributed by atoms with Gasteiger partial charge < -0.3 is 4.90 Å². The van der Waals surface area contributed by atoms with E-state index in [9.17, 15) is 0 Å². The molecule has 1 atom stereocenters. The van der Waals surface area contributed by atoms with E-state index in [1.165, 1.54) is 30.8 Å². The standard InChI is InChI=1S/C13H20N4S/c1-11-14-13(18-15-11)17-9-7-16(8-10-17)12-5-3-2-4-6-12/h3,5,12H,2,4,6-10H2,1H3. The third-order valence-corrected chi connectivity index (χ3v) is 4.67. The molecule has 0 radical (unpaired) electrons. The minimum Gasteiger partial charge on any atom is -0.344 e. The van der Waals surface area contributed by atoms with Gasteiger partial charge >= 0.3 is 0 Å². The average Bonchev–Trinajstić information content (AvgIpc) is 2.87. The van der Waals surface area contributed by atoms with Gasteiger partial charge in [-0.15, -0.1) is 0 Å². The van der Waals surface area contributed by atoms with Crippen molar-refractivity contribution in [3.8, 4) is 0 Å². The number of aromatic nitrogens is 2. The van der Waals surface area contributed by atoms with Gasteiger partial charge in [0.15, 0.2) is 0 Å². The van der Waals surface area contributed by atoms with E-state index in [1.807, 2.05) is 6.92 Å². The van der Waals surface area contributed by atoms with Gasteiger partial charge in [-0.05, 0) is 26.2 Å². The number of rotatable bonds is 2. The molecule has 1 aliphatic carbocycles. The lowest BCUT2D eigenvalue weighted by molar-refractivity contribution is 0.202. The molecule has 1 unspecified atom stereocenters. The molecule has 1 aromatic rings. The number of nitrogens with zero attached hydrogens (tertiary/aromatic N) is 4. The smallest absolute Gasteiger partial charge is 0.205 e. The van der Waals surface area contributed by atoms with Crippen molar-refractivity contribution in [1.82, 2.24) is 14.3 Å². The molecule has 2 heterocycles. The van der Waals surface area contributed by atoms with Crippen molar-refractivity contribution in [1.29, 1.82) is 0 Å². The third kappa shape index (κ3) is 2.57. The van der Waals surface area contributed by atoms with Crippen molar-refractivity contribution in [3.05, 3.63) is 18.0 Å². The Morgan fingerprint density at radius 1 is 1.28 bits per heavy atom. The number of aryl methyl sites for hydroxylation is 1. The zero-order chi connectivity index (χ0) is 12.4. The summed E-state index contributed by atoms with van der Waals surface area (Å²) in [6.45, 7) is 6.42. The van der Waals surface area contributed by atoms with Gasteiger partial charge in [-0.25, -0.2) is 4.98 Å². The van der Waals surface area contributed by atoms with Gasteiger partial charge in [0, 0.05) is 43.8 Å². The fourth-order valence-electron chi connectivity index (χ4n) is 2.76. The van der Waals surface area contributed by atoms with Crippen LogP contribution in [0.5, 0.6) is 0 Å². The Morgan fingerprint density at radius 2 is 2.11 bits per heavy atom. The predicted molar refractivity (Wildman–Crippen MR) is 75.2 cm³/mol. The van der Waals surface area contributed by atoms with Gasteiger partial charge in [0.05, 0.1) is 0 Å². The van der Waals surface area contributed by atoms with Crippen LogP contribution in [0.3, 0.4) is 0 Å². The van der Waals surface area contributed by atoms with E-state index in [0.29, 0.717) is 6.04 Å². The molecule has 1 aromatic heterocycles. The fraction of sp³-hybridized carbons (Fsp3) is 0.692. The maximum Gasteiger partial charge on any atom is 0.205 e. The Balaban J connectivity index is 1.57. The Morgan fingerprint density at radius 3 is 2.72 bits per heavy atom. The molecule has 4 nitrogen and oxygen atoms in total. The van der Waals surface area contributed by atoms with E-state index in [-0.39, 0.29) is 0 Å². The molecular weight excluding hydrogens is 244 g/mol. The first-order valence-corrected chi connectivity index (χ1v) is 7.56. The highest BCUT2D eigenvalue weighted by atomic mass is 32.1. The van der Waals surface area contributed by atoms with Gasteiger partial charge in [0.1, 0.15) is 5.82 Å². The summed E-state index contributed by atoms with van der Waals surface area (Å²) >= 11 is 1.53. The maximum absolute atomic E-state index is 4.47. The first-order chi connectivity index (χ1) is 8.83. The first-order valence-electron chi connectivity index (χ1n) is 6.79. The van der Waals surface area contributed by atoms with Gasteiger partial charge in [0.25, 0.3) is 0 Å². The van der Waals surface area contributed by atoms with E-state index in [1.54, 1.807) is 0 Å². The molecule has 0 spiro atoms. The second kappa shape index (κ2) is 5.36. The van der Waals surface area contributed by atoms with Crippen LogP contribution in [0.4, 0.5) is 5.13 Å². The quantitative estimate of drug-likeness (QED) is 0.766. The van der Waals surface area contributed by atoms with Gasteiger partial charge in [-0.2, -0.15) is 4.37 Å². The molecule has 0 aromatic carbocycles. The topological polar surface area (TPSA) is 32.3 Å². The summed E-state index contributed by atoms with van der Waals surface area (Å²) < 4.78 is 4.26. The van der Waals surface area contributed by atoms with Crippen LogP contribution in [0.25, 0.3) is 0 Å². The van der Waals surface area contributed by atoms with E-state index in [0.717, 1.165) is 37.1 Å². The van der Waals surface area contributed by atoms with E-state index >= 15 is 0 Å². The van der Waals surface area contributed by atoms with Crippen LogP contribution in [0.15, 0.2) is 12.2 Å². The summed E-state index contributed by atoms with van der Waals surface area (Å²) in [6.07, 6.45) is 8.68. The lowest BCUT2D eigenvalue weighted by Gasteiger charge is -2.38. The summed E-state index contributed by atoms with van der Waals surface area (Å²) in [4.78, 5) is 9.45. The number of allylic oxidation sites excluding steroid dienone is 1. The van der Waals surface area contributed by atoms with Crippen molar-refractivity contribution in [2.75, 3.05) is 31.1 Å². The largest absolute Gasteiger partial charge is 0.344 e. The van der Waals surface area contributed by atoms with Crippen LogP contribution in [0.1, 0.15) is 25.1 Å². The zero-order valence-corrected chi connectivity index (χ0v) is 11.7. The summed E-state index contributed by atoms with van der Waals surface area (Å²) in [7, 11) is 0. The van der Waals surface area contributed by atoms with Crippen molar-refractivity contribution in [3.63, 3.8) is 0 Å². The molecule has 3 rings (SSSR count). The number of hydrogen-bond donors (Lipinski definition) is 0. The highest BCUT2D eigenvalue weighted by Crippen LogP contribution is 2.22. The molecule has 18 heavy (non-hydrogen) atoms. The Labute approximate surface area is 112 Å². The number of hydrogen-bond acceptors (Lipinski definition) is 5. The predicted octanol–water partition coefficient (Wildman–Crippen LogP) is 2.08. The summed E-state index contributed by atoms with van der Waals surface area (Å²) in [5, 5.41) is 1.09. The number of piperazine rings is 1. The van der Waals surface area contributed by atoms with Crippen LogP contribution >= 0.6 is 11.5 Å². The molecule has 0 saturated carbocycles. The Hall–Kier alpha value is -0.940. The second-order valence-corrected chi connectivity index (χ2v) is 5.80. The van der Waals surface area contributed by atoms with E-state index in [4.69, 9.17) is 0 Å². The fourth-order valence-corrected chi connectivity index (χ4v) is 3.48. The number of anilines is 1. The minimum absolute atomic E-state index is 0.678. The maximum atomic E-state index is 4.47. The van der Waals surface area contributed by atoms with Crippen molar-refractivity contribution in [2.45, 2.75) is 32.2 Å². The minimum atomic E-state index is 0.678. The van der Waals surface area contributed by atoms with Crippen molar-refractivity contribution in [2.24, 2.45) is 0 Å². The summed E-state index contributed by atoms with van der Waals surface area (Å²) in [6, 6.07) is 0.678. The van der Waals surface area contributed by atoms with E-state index in [2.05, 4.69) is 31.3 Å². The van der Waals surface area contributed by atoms with Crippen LogP contribution in [0, 0.1) is 6.92 Å². The highest BCUT2D eigenvalue weighted by Gasteiger charge is 2.24. The SMILES string of the molecule is Cc1nsc(N2CCN(C3C=CCCC3)CC2)n1. The molecule has 2 aliphatic rings. The summed E-state index contributed by atoms with van der Waals surface area (Å²) in [5.41, 5.74) is 0. The van der Waals surface area contributed by atoms with Gasteiger partial charge in [-0.1, -0.05) is 12.2 Å². The lowest BCUT2D eigenvalue weighted by Crippen LogP contribution is -2.50. The van der Waals surface area contributed by atoms with Gasteiger partial charge in [0.2, 0.25) is 5.13 Å². The monoisotopic (exact) mass is 264 g/mol. The van der Waals surface area contributed by atoms with Crippen LogP contribution in [-0.4, -0.2) is 46.5 Å². The Bertz CT molecular complexity index is 420. The molecule has 0 bridgehead atoms. The molecule has 1 aliphatic heterocycles. The van der Waals surface area contributed by atoms with Crippen LogP contribution in [0.2, 0.25) is 0 Å². The van der Waals surface area contributed by atoms with Gasteiger partial charge in [-0.3, -0.25) is 4.90 Å². The van der Waals surface area contributed by atoms with E-state index < -0.39 is 0 Å². The Kier molecular flexibility index (Phi) is 3.61. The normalized spacial score (nSPS) is 25.6. The zero-order valence-electron chi connectivity index (χ0n) is 10.9. The summed E-state index contributed by atoms with van der Waals surface area (Å²) in [5.74, 6) is 0.896. The average molecular weight is 264 g/mol. The van der Waals surface area contributed by atoms with Crippen molar-refractivity contribution < 1.29 is 0 Å². The van der Waals surface area contributed by atoms with Crippen LogP contribution in [-0.2, 0) is 0 Å². The molecule has 5 heteroatoms. The van der Waals surface area contributed by atoms with Crippen molar-refractivity contribution >= 4 is 16.7 Å². The molecule has 1 saturated heterocycles.